The zero-order valence-corrected chi connectivity index (χ0v) is 16.5. The summed E-state index contributed by atoms with van der Waals surface area (Å²) in [5.74, 6) is 0.867. The van der Waals surface area contributed by atoms with Gasteiger partial charge in [-0.3, -0.25) is 9.78 Å². The summed E-state index contributed by atoms with van der Waals surface area (Å²) in [6, 6.07) is 12.0. The molecule has 6 heteroatoms. The summed E-state index contributed by atoms with van der Waals surface area (Å²) in [6.07, 6.45) is 7.40. The van der Waals surface area contributed by atoms with Crippen LogP contribution in [0.3, 0.4) is 0 Å². The second kappa shape index (κ2) is 9.08. The highest BCUT2D eigenvalue weighted by Crippen LogP contribution is 2.25. The summed E-state index contributed by atoms with van der Waals surface area (Å²) >= 11 is 0. The molecule has 6 nitrogen and oxygen atoms in total. The van der Waals surface area contributed by atoms with Gasteiger partial charge >= 0.3 is 0 Å². The molecule has 0 unspecified atom stereocenters. The van der Waals surface area contributed by atoms with Crippen molar-refractivity contribution in [3.8, 4) is 0 Å². The van der Waals surface area contributed by atoms with E-state index in [0.717, 1.165) is 17.7 Å². The predicted octanol–water partition coefficient (Wildman–Crippen LogP) is 4.05. The van der Waals surface area contributed by atoms with Gasteiger partial charge in [0.1, 0.15) is 11.5 Å². The normalized spacial score (nSPS) is 10.7. The maximum atomic E-state index is 12.6. The Morgan fingerprint density at radius 1 is 1.07 bits per heavy atom. The lowest BCUT2D eigenvalue weighted by Gasteiger charge is -2.17. The molecule has 3 rings (SSSR count). The van der Waals surface area contributed by atoms with Gasteiger partial charge in [0.2, 0.25) is 0 Å². The highest BCUT2D eigenvalue weighted by Gasteiger charge is 2.14. The molecular weight excluding hydrogens is 350 g/mol. The van der Waals surface area contributed by atoms with Crippen molar-refractivity contribution in [2.24, 2.45) is 0 Å². The Morgan fingerprint density at radius 3 is 2.50 bits per heavy atom. The van der Waals surface area contributed by atoms with Gasteiger partial charge in [-0.1, -0.05) is 32.0 Å². The molecule has 1 amide bonds. The third-order valence-electron chi connectivity index (χ3n) is 4.55. The molecule has 0 fully saturated rings. The van der Waals surface area contributed by atoms with Gasteiger partial charge < -0.3 is 10.2 Å². The van der Waals surface area contributed by atoms with Gasteiger partial charge in [0.25, 0.3) is 5.91 Å². The van der Waals surface area contributed by atoms with Crippen molar-refractivity contribution >= 4 is 17.4 Å². The number of carbonyl (C=O) groups excluding carboxylic acids is 1. The second-order valence-electron chi connectivity index (χ2n) is 6.99. The summed E-state index contributed by atoms with van der Waals surface area (Å²) in [6.45, 7) is 4.90. The number of para-hydroxylation sites is 1. The molecule has 0 saturated carbocycles. The zero-order chi connectivity index (χ0) is 19.9. The topological polar surface area (TPSA) is 71.0 Å². The Bertz CT molecular complexity index is 910. The van der Waals surface area contributed by atoms with Crippen LogP contribution in [0.1, 0.15) is 41.4 Å². The molecular formula is C22H25N5O. The Balaban J connectivity index is 1.63. The number of aromatic nitrogens is 3. The minimum Gasteiger partial charge on any atom is -0.340 e. The highest BCUT2D eigenvalue weighted by atomic mass is 16.2. The van der Waals surface area contributed by atoms with Crippen molar-refractivity contribution < 1.29 is 4.79 Å². The highest BCUT2D eigenvalue weighted by molar-refractivity contribution is 5.91. The summed E-state index contributed by atoms with van der Waals surface area (Å²) in [4.78, 5) is 26.9. The summed E-state index contributed by atoms with van der Waals surface area (Å²) in [5.41, 5.74) is 3.68. The molecule has 3 aromatic rings. The average molecular weight is 375 g/mol. The number of hydrogen-bond acceptors (Lipinski definition) is 5. The molecule has 0 aliphatic heterocycles. The van der Waals surface area contributed by atoms with E-state index in [1.807, 2.05) is 30.3 Å². The van der Waals surface area contributed by atoms with Crippen LogP contribution >= 0.6 is 0 Å². The number of amides is 1. The summed E-state index contributed by atoms with van der Waals surface area (Å²) < 4.78 is 0. The molecule has 28 heavy (non-hydrogen) atoms. The number of pyridine rings is 1. The fourth-order valence-corrected chi connectivity index (χ4v) is 2.90. The van der Waals surface area contributed by atoms with E-state index in [1.54, 1.807) is 30.5 Å². The van der Waals surface area contributed by atoms with Crippen molar-refractivity contribution in [1.82, 2.24) is 19.9 Å². The van der Waals surface area contributed by atoms with Gasteiger partial charge in [0.05, 0.1) is 12.4 Å². The van der Waals surface area contributed by atoms with E-state index in [9.17, 15) is 4.79 Å². The molecule has 0 aliphatic carbocycles. The first kappa shape index (κ1) is 19.5. The third kappa shape index (κ3) is 4.91. The number of benzene rings is 1. The molecule has 0 spiro atoms. The minimum atomic E-state index is -0.143. The van der Waals surface area contributed by atoms with Crippen LogP contribution in [0.2, 0.25) is 0 Å². The van der Waals surface area contributed by atoms with Crippen molar-refractivity contribution in [1.29, 1.82) is 0 Å². The first-order chi connectivity index (χ1) is 13.5. The SMILES string of the molecule is CC(C)c1ccccc1Nc1cnc(C(=O)N(C)CCc2ccncc2)cn1. The van der Waals surface area contributed by atoms with Crippen molar-refractivity contribution in [3.05, 3.63) is 78.0 Å². The van der Waals surface area contributed by atoms with Crippen LogP contribution in [0.4, 0.5) is 11.5 Å². The second-order valence-corrected chi connectivity index (χ2v) is 6.99. The molecule has 1 N–H and O–H groups in total. The molecule has 1 aromatic carbocycles. The first-order valence-corrected chi connectivity index (χ1v) is 9.37. The van der Waals surface area contributed by atoms with E-state index in [2.05, 4.69) is 40.2 Å². The van der Waals surface area contributed by atoms with Gasteiger partial charge in [0.15, 0.2) is 0 Å². The molecule has 144 valence electrons. The molecule has 2 aromatic heterocycles. The van der Waals surface area contributed by atoms with E-state index in [1.165, 1.54) is 11.8 Å². The zero-order valence-electron chi connectivity index (χ0n) is 16.5. The number of carbonyl (C=O) groups is 1. The van der Waals surface area contributed by atoms with Crippen LogP contribution in [0.15, 0.2) is 61.2 Å². The van der Waals surface area contributed by atoms with Crippen molar-refractivity contribution in [2.45, 2.75) is 26.2 Å². The molecule has 0 aliphatic rings. The van der Waals surface area contributed by atoms with Gasteiger partial charge in [-0.15, -0.1) is 0 Å². The number of likely N-dealkylation sites (N-methyl/N-ethyl adjacent to an activating group) is 1. The number of anilines is 2. The Morgan fingerprint density at radius 2 is 1.82 bits per heavy atom. The summed E-state index contributed by atoms with van der Waals surface area (Å²) in [5, 5.41) is 3.29. The number of rotatable bonds is 7. The monoisotopic (exact) mass is 375 g/mol. The summed E-state index contributed by atoms with van der Waals surface area (Å²) in [7, 11) is 1.77. The number of nitrogens with one attached hydrogen (secondary N) is 1. The van der Waals surface area contributed by atoms with E-state index in [-0.39, 0.29) is 5.91 Å². The fourth-order valence-electron chi connectivity index (χ4n) is 2.90. The molecule has 2 heterocycles. The smallest absolute Gasteiger partial charge is 0.273 e. The van der Waals surface area contributed by atoms with Crippen LogP contribution in [0, 0.1) is 0 Å². The van der Waals surface area contributed by atoms with Crippen LogP contribution in [-0.4, -0.2) is 39.4 Å². The lowest BCUT2D eigenvalue weighted by atomic mass is 10.0. The van der Waals surface area contributed by atoms with Crippen LogP contribution < -0.4 is 5.32 Å². The standard InChI is InChI=1S/C22H25N5O/c1-16(2)18-6-4-5-7-19(18)26-21-15-24-20(14-25-21)22(28)27(3)13-10-17-8-11-23-12-9-17/h4-9,11-12,14-16H,10,13H2,1-3H3,(H,25,26). The predicted molar refractivity (Wildman–Crippen MR) is 111 cm³/mol. The number of nitrogens with zero attached hydrogens (tertiary/aromatic N) is 4. The lowest BCUT2D eigenvalue weighted by Crippen LogP contribution is -2.29. The van der Waals surface area contributed by atoms with Gasteiger partial charge in [-0.05, 0) is 41.7 Å². The van der Waals surface area contributed by atoms with Gasteiger partial charge in [-0.25, -0.2) is 9.97 Å². The van der Waals surface area contributed by atoms with Crippen molar-refractivity contribution in [3.63, 3.8) is 0 Å². The Kier molecular flexibility index (Phi) is 6.32. The molecule has 0 atom stereocenters. The van der Waals surface area contributed by atoms with Gasteiger partial charge in [0, 0.05) is 31.7 Å². The van der Waals surface area contributed by atoms with Crippen LogP contribution in [-0.2, 0) is 6.42 Å². The largest absolute Gasteiger partial charge is 0.340 e. The third-order valence-corrected chi connectivity index (χ3v) is 4.55. The fraction of sp³-hybridized carbons (Fsp3) is 0.273. The molecule has 0 saturated heterocycles. The van der Waals surface area contributed by atoms with E-state index in [4.69, 9.17) is 0 Å². The first-order valence-electron chi connectivity index (χ1n) is 9.37. The molecule has 0 radical (unpaired) electrons. The lowest BCUT2D eigenvalue weighted by molar-refractivity contribution is 0.0790. The van der Waals surface area contributed by atoms with E-state index in [0.29, 0.717) is 24.0 Å². The minimum absolute atomic E-state index is 0.143. The van der Waals surface area contributed by atoms with Crippen molar-refractivity contribution in [2.75, 3.05) is 18.9 Å². The van der Waals surface area contributed by atoms with Crippen LogP contribution in [0.5, 0.6) is 0 Å². The van der Waals surface area contributed by atoms with Gasteiger partial charge in [-0.2, -0.15) is 0 Å². The Hall–Kier alpha value is -3.28. The molecule has 0 bridgehead atoms. The van der Waals surface area contributed by atoms with E-state index >= 15 is 0 Å². The average Bonchev–Trinajstić information content (AvgIpc) is 2.73. The maximum absolute atomic E-state index is 12.6. The number of hydrogen-bond donors (Lipinski definition) is 1. The quantitative estimate of drug-likeness (QED) is 0.674. The Labute approximate surface area is 165 Å². The maximum Gasteiger partial charge on any atom is 0.273 e. The van der Waals surface area contributed by atoms with Crippen LogP contribution in [0.25, 0.3) is 0 Å². The van der Waals surface area contributed by atoms with E-state index < -0.39 is 0 Å².